The number of carbonyl (C=O) groups is 3. The summed E-state index contributed by atoms with van der Waals surface area (Å²) in [6, 6.07) is 20.8. The second-order valence-corrected chi connectivity index (χ2v) is 10.5. The molecule has 2 fully saturated rings. The molecule has 9 heteroatoms. The van der Waals surface area contributed by atoms with Crippen LogP contribution >= 0.6 is 0 Å². The lowest BCUT2D eigenvalue weighted by Gasteiger charge is -2.33. The molecule has 0 aromatic heterocycles. The highest BCUT2D eigenvalue weighted by molar-refractivity contribution is 5.98. The Bertz CT molecular complexity index is 1400. The first-order valence-electron chi connectivity index (χ1n) is 14.1. The van der Waals surface area contributed by atoms with Crippen molar-refractivity contribution in [1.29, 1.82) is 0 Å². The molecule has 2 saturated heterocycles. The van der Waals surface area contributed by atoms with Gasteiger partial charge in [0.25, 0.3) is 11.6 Å². The predicted molar refractivity (Wildman–Crippen MR) is 153 cm³/mol. The van der Waals surface area contributed by atoms with E-state index in [-0.39, 0.29) is 30.0 Å². The highest BCUT2D eigenvalue weighted by Crippen LogP contribution is 2.27. The quantitative estimate of drug-likeness (QED) is 0.188. The minimum atomic E-state index is -0.433. The number of hydrogen-bond acceptors (Lipinski definition) is 6. The summed E-state index contributed by atoms with van der Waals surface area (Å²) < 4.78 is 6.06. The molecule has 3 aromatic rings. The first-order chi connectivity index (χ1) is 19.9. The summed E-state index contributed by atoms with van der Waals surface area (Å²) in [6.07, 6.45) is 4.48. The lowest BCUT2D eigenvalue weighted by atomic mass is 10.00. The molecule has 0 saturated carbocycles. The van der Waals surface area contributed by atoms with Crippen molar-refractivity contribution in [3.05, 3.63) is 94.0 Å². The highest BCUT2D eigenvalue weighted by atomic mass is 16.6. The number of benzene rings is 3. The fourth-order valence-corrected chi connectivity index (χ4v) is 5.45. The van der Waals surface area contributed by atoms with Crippen LogP contribution in [0.2, 0.25) is 0 Å². The third-order valence-corrected chi connectivity index (χ3v) is 7.73. The molecule has 2 heterocycles. The summed E-state index contributed by atoms with van der Waals surface area (Å²) in [5.74, 6) is 0.275. The molecule has 0 spiro atoms. The van der Waals surface area contributed by atoms with Gasteiger partial charge in [0.2, 0.25) is 11.8 Å². The Morgan fingerprint density at radius 3 is 2.22 bits per heavy atom. The van der Waals surface area contributed by atoms with Crippen molar-refractivity contribution in [2.24, 2.45) is 0 Å². The second kappa shape index (κ2) is 12.8. The van der Waals surface area contributed by atoms with Gasteiger partial charge in [-0.15, -0.1) is 0 Å². The van der Waals surface area contributed by atoms with Gasteiger partial charge < -0.3 is 9.64 Å². The van der Waals surface area contributed by atoms with Gasteiger partial charge in [-0.2, -0.15) is 0 Å². The minimum Gasteiger partial charge on any atom is -0.491 e. The topological polar surface area (TPSA) is 110 Å². The molecule has 5 rings (SSSR count). The normalized spacial score (nSPS) is 16.1. The van der Waals surface area contributed by atoms with Crippen LogP contribution in [0.3, 0.4) is 0 Å². The number of non-ortho nitro benzene ring substituents is 1. The van der Waals surface area contributed by atoms with Crippen molar-refractivity contribution in [3.8, 4) is 16.9 Å². The average Bonchev–Trinajstić information content (AvgIpc) is 3.53. The number of carbonyl (C=O) groups excluding carboxylic acids is 3. The minimum absolute atomic E-state index is 0.0226. The SMILES string of the molecule is O=C(c1ccc(CCC(COc2ccc(-c3cccc([N+](=O)[O-])c3)cc2)N2C(=O)CCCC2=O)cc1)N1CCCC1. The molecule has 9 nitrogen and oxygen atoms in total. The van der Waals surface area contributed by atoms with Gasteiger partial charge in [-0.25, -0.2) is 0 Å². The van der Waals surface area contributed by atoms with Gasteiger partial charge in [-0.3, -0.25) is 29.4 Å². The van der Waals surface area contributed by atoms with Crippen LogP contribution in [0.4, 0.5) is 5.69 Å². The fraction of sp³-hybridized carbons (Fsp3) is 0.344. The lowest BCUT2D eigenvalue weighted by Crippen LogP contribution is -2.49. The van der Waals surface area contributed by atoms with Gasteiger partial charge >= 0.3 is 0 Å². The van der Waals surface area contributed by atoms with Crippen LogP contribution in [0.15, 0.2) is 72.8 Å². The van der Waals surface area contributed by atoms with E-state index in [0.29, 0.717) is 43.4 Å². The zero-order chi connectivity index (χ0) is 28.8. The number of likely N-dealkylation sites (tertiary alicyclic amines) is 2. The molecule has 0 aliphatic carbocycles. The number of ether oxygens (including phenoxy) is 1. The number of nitro groups is 1. The molecule has 41 heavy (non-hydrogen) atoms. The van der Waals surface area contributed by atoms with Crippen molar-refractivity contribution in [2.45, 2.75) is 51.0 Å². The summed E-state index contributed by atoms with van der Waals surface area (Å²) in [5.41, 5.74) is 3.25. The largest absolute Gasteiger partial charge is 0.491 e. The maximum absolute atomic E-state index is 12.8. The fourth-order valence-electron chi connectivity index (χ4n) is 5.45. The number of hydrogen-bond donors (Lipinski definition) is 0. The third-order valence-electron chi connectivity index (χ3n) is 7.73. The van der Waals surface area contributed by atoms with E-state index in [1.54, 1.807) is 24.3 Å². The molecule has 0 bridgehead atoms. The van der Waals surface area contributed by atoms with E-state index in [2.05, 4.69) is 0 Å². The van der Waals surface area contributed by atoms with E-state index >= 15 is 0 Å². The van der Waals surface area contributed by atoms with Crippen molar-refractivity contribution in [1.82, 2.24) is 9.80 Å². The summed E-state index contributed by atoms with van der Waals surface area (Å²) in [4.78, 5) is 52.1. The monoisotopic (exact) mass is 555 g/mol. The second-order valence-electron chi connectivity index (χ2n) is 10.5. The van der Waals surface area contributed by atoms with Crippen molar-refractivity contribution >= 4 is 23.4 Å². The molecule has 1 unspecified atom stereocenters. The molecular formula is C32H33N3O6. The van der Waals surface area contributed by atoms with Gasteiger partial charge in [-0.05, 0) is 73.1 Å². The summed E-state index contributed by atoms with van der Waals surface area (Å²) in [7, 11) is 0. The Labute approximate surface area is 238 Å². The Hall–Kier alpha value is -4.53. The van der Waals surface area contributed by atoms with Crippen LogP contribution in [0.25, 0.3) is 11.1 Å². The number of imide groups is 1. The van der Waals surface area contributed by atoms with Gasteiger partial charge in [0, 0.05) is 43.6 Å². The van der Waals surface area contributed by atoms with E-state index in [4.69, 9.17) is 4.74 Å². The molecule has 0 radical (unpaired) electrons. The zero-order valence-corrected chi connectivity index (χ0v) is 22.9. The number of piperidine rings is 1. The molecule has 2 aliphatic heterocycles. The van der Waals surface area contributed by atoms with E-state index in [0.717, 1.165) is 42.6 Å². The van der Waals surface area contributed by atoms with Gasteiger partial charge in [0.1, 0.15) is 12.4 Å². The first-order valence-corrected chi connectivity index (χ1v) is 14.1. The molecule has 3 amide bonds. The standard InChI is InChI=1S/C32H33N3O6/c36-30-7-4-8-31(37)34(30)28(16-11-23-9-12-25(13-10-23)32(38)33-19-1-2-20-33)22-41-29-17-14-24(15-18-29)26-5-3-6-27(21-26)35(39)40/h3,5-6,9-10,12-15,17-18,21,28H,1-2,4,7-8,11,16,19-20,22H2. The van der Waals surface area contributed by atoms with Crippen molar-refractivity contribution < 1.29 is 24.0 Å². The van der Waals surface area contributed by atoms with Crippen LogP contribution < -0.4 is 4.74 Å². The number of rotatable bonds is 10. The molecule has 212 valence electrons. The van der Waals surface area contributed by atoms with Crippen LogP contribution in [0.5, 0.6) is 5.75 Å². The smallest absolute Gasteiger partial charge is 0.270 e. The maximum atomic E-state index is 12.8. The molecule has 3 aromatic carbocycles. The van der Waals surface area contributed by atoms with Crippen LogP contribution in [-0.2, 0) is 16.0 Å². The summed E-state index contributed by atoms with van der Waals surface area (Å²) in [5, 5.41) is 11.1. The zero-order valence-electron chi connectivity index (χ0n) is 22.9. The Balaban J connectivity index is 1.25. The molecule has 1 atom stereocenters. The number of aryl methyl sites for hydroxylation is 1. The van der Waals surface area contributed by atoms with Gasteiger partial charge in [-0.1, -0.05) is 36.4 Å². The molecule has 0 N–H and O–H groups in total. The molecular weight excluding hydrogens is 522 g/mol. The predicted octanol–water partition coefficient (Wildman–Crippen LogP) is 5.42. The van der Waals surface area contributed by atoms with Crippen LogP contribution in [0, 0.1) is 10.1 Å². The summed E-state index contributed by atoms with van der Waals surface area (Å²) in [6.45, 7) is 1.76. The van der Waals surface area contributed by atoms with Gasteiger partial charge in [0.05, 0.1) is 11.0 Å². The average molecular weight is 556 g/mol. The lowest BCUT2D eigenvalue weighted by molar-refractivity contribution is -0.384. The third kappa shape index (κ3) is 6.80. The van der Waals surface area contributed by atoms with E-state index in [1.807, 2.05) is 41.3 Å². The maximum Gasteiger partial charge on any atom is 0.270 e. The number of nitro benzene ring substituents is 1. The van der Waals surface area contributed by atoms with Crippen LogP contribution in [-0.4, -0.2) is 58.2 Å². The first kappa shape index (κ1) is 28.0. The van der Waals surface area contributed by atoms with Crippen LogP contribution in [0.1, 0.15) is 54.4 Å². The Morgan fingerprint density at radius 2 is 1.56 bits per heavy atom. The van der Waals surface area contributed by atoms with Crippen molar-refractivity contribution in [2.75, 3.05) is 19.7 Å². The van der Waals surface area contributed by atoms with E-state index in [9.17, 15) is 24.5 Å². The van der Waals surface area contributed by atoms with E-state index in [1.165, 1.54) is 17.0 Å². The Morgan fingerprint density at radius 1 is 0.878 bits per heavy atom. The highest BCUT2D eigenvalue weighted by Gasteiger charge is 2.33. The van der Waals surface area contributed by atoms with E-state index < -0.39 is 11.0 Å². The number of amides is 3. The van der Waals surface area contributed by atoms with Gasteiger partial charge in [0.15, 0.2) is 0 Å². The Kier molecular flexibility index (Phi) is 8.72. The number of nitrogens with zero attached hydrogens (tertiary/aromatic N) is 3. The summed E-state index contributed by atoms with van der Waals surface area (Å²) >= 11 is 0. The van der Waals surface area contributed by atoms with Crippen molar-refractivity contribution in [3.63, 3.8) is 0 Å². The molecule has 2 aliphatic rings.